The summed E-state index contributed by atoms with van der Waals surface area (Å²) in [6, 6.07) is 0. The van der Waals surface area contributed by atoms with E-state index in [0.717, 1.165) is 4.57 Å². The van der Waals surface area contributed by atoms with Crippen LogP contribution >= 0.6 is 0 Å². The molecule has 1 aromatic rings. The third-order valence-electron chi connectivity index (χ3n) is 1.46. The normalized spacial score (nSPS) is 9.79. The number of rotatable bonds is 4. The molecule has 0 saturated heterocycles. The van der Waals surface area contributed by atoms with Crippen molar-refractivity contribution in [2.45, 2.75) is 13.5 Å². The molecule has 0 amide bonds. The number of aromatic nitrogens is 2. The summed E-state index contributed by atoms with van der Waals surface area (Å²) < 4.78 is 5.76. The molecule has 0 spiro atoms. The van der Waals surface area contributed by atoms with Gasteiger partial charge in [-0.3, -0.25) is 0 Å². The van der Waals surface area contributed by atoms with E-state index in [9.17, 15) is 14.9 Å². The standard InChI is InChI=1S/C7H9N3O4/c1-2-14-6(11)5-9-4-3-8-7(9)10(12)13/h3-4H,2,5H2,1H3. The lowest BCUT2D eigenvalue weighted by atomic mass is 10.6. The Bertz CT molecular complexity index is 346. The van der Waals surface area contributed by atoms with Gasteiger partial charge >= 0.3 is 11.9 Å². The molecule has 1 rings (SSSR count). The van der Waals surface area contributed by atoms with Crippen molar-refractivity contribution in [3.63, 3.8) is 0 Å². The van der Waals surface area contributed by atoms with Crippen LogP contribution in [0.3, 0.4) is 0 Å². The van der Waals surface area contributed by atoms with Crippen molar-refractivity contribution < 1.29 is 14.5 Å². The van der Waals surface area contributed by atoms with Crippen LogP contribution in [0, 0.1) is 10.1 Å². The summed E-state index contributed by atoms with van der Waals surface area (Å²) >= 11 is 0. The largest absolute Gasteiger partial charge is 0.464 e. The molecule has 0 aliphatic rings. The molecule has 0 aromatic carbocycles. The number of nitro groups is 1. The van der Waals surface area contributed by atoms with E-state index in [1.54, 1.807) is 6.92 Å². The zero-order valence-corrected chi connectivity index (χ0v) is 7.54. The lowest BCUT2D eigenvalue weighted by Gasteiger charge is -2.00. The molecular weight excluding hydrogens is 190 g/mol. The fourth-order valence-corrected chi connectivity index (χ4v) is 0.942. The van der Waals surface area contributed by atoms with Crippen LogP contribution in [0.5, 0.6) is 0 Å². The molecule has 0 bridgehead atoms. The van der Waals surface area contributed by atoms with Crippen molar-refractivity contribution in [2.75, 3.05) is 6.61 Å². The smallest absolute Gasteiger partial charge is 0.435 e. The van der Waals surface area contributed by atoms with Gasteiger partial charge < -0.3 is 14.9 Å². The first kappa shape index (κ1) is 10.2. The molecule has 0 aliphatic carbocycles. The molecule has 7 nitrogen and oxygen atoms in total. The number of hydrogen-bond acceptors (Lipinski definition) is 5. The third-order valence-corrected chi connectivity index (χ3v) is 1.46. The maximum atomic E-state index is 11.0. The van der Waals surface area contributed by atoms with E-state index in [1.165, 1.54) is 12.4 Å². The summed E-state index contributed by atoms with van der Waals surface area (Å²) in [5.41, 5.74) is 0. The summed E-state index contributed by atoms with van der Waals surface area (Å²) in [5, 5.41) is 10.4. The van der Waals surface area contributed by atoms with Gasteiger partial charge in [-0.05, 0) is 11.8 Å². The molecule has 0 unspecified atom stereocenters. The van der Waals surface area contributed by atoms with Crippen LogP contribution in [0.15, 0.2) is 12.4 Å². The average molecular weight is 199 g/mol. The van der Waals surface area contributed by atoms with Crippen molar-refractivity contribution in [2.24, 2.45) is 0 Å². The maximum Gasteiger partial charge on any atom is 0.435 e. The van der Waals surface area contributed by atoms with E-state index in [0.29, 0.717) is 0 Å². The Morgan fingerprint density at radius 3 is 3.07 bits per heavy atom. The number of carbonyl (C=O) groups excluding carboxylic acids is 1. The van der Waals surface area contributed by atoms with Crippen molar-refractivity contribution in [1.29, 1.82) is 0 Å². The van der Waals surface area contributed by atoms with Gasteiger partial charge in [-0.1, -0.05) is 4.98 Å². The predicted molar refractivity (Wildman–Crippen MR) is 45.5 cm³/mol. The van der Waals surface area contributed by atoms with Crippen LogP contribution < -0.4 is 0 Å². The van der Waals surface area contributed by atoms with Crippen LogP contribution in [0.4, 0.5) is 5.95 Å². The van der Waals surface area contributed by atoms with Crippen LogP contribution in [0.25, 0.3) is 0 Å². The summed E-state index contributed by atoms with van der Waals surface area (Å²) in [5.74, 6) is -0.883. The quantitative estimate of drug-likeness (QED) is 0.396. The highest BCUT2D eigenvalue weighted by atomic mass is 16.6. The van der Waals surface area contributed by atoms with Gasteiger partial charge in [-0.25, -0.2) is 9.36 Å². The molecule has 0 saturated carbocycles. The lowest BCUT2D eigenvalue weighted by Crippen LogP contribution is -2.14. The molecule has 76 valence electrons. The number of ether oxygens (including phenoxy) is 1. The Hall–Kier alpha value is -1.92. The average Bonchev–Trinajstić information content (AvgIpc) is 2.52. The number of nitrogens with zero attached hydrogens (tertiary/aromatic N) is 3. The molecule has 7 heteroatoms. The second-order valence-corrected chi connectivity index (χ2v) is 2.42. The Morgan fingerprint density at radius 1 is 1.79 bits per heavy atom. The highest BCUT2D eigenvalue weighted by molar-refractivity contribution is 5.69. The monoisotopic (exact) mass is 199 g/mol. The summed E-state index contributed by atoms with van der Waals surface area (Å²) in [7, 11) is 0. The zero-order valence-electron chi connectivity index (χ0n) is 7.54. The first-order chi connectivity index (χ1) is 6.65. The van der Waals surface area contributed by atoms with E-state index in [4.69, 9.17) is 0 Å². The molecule has 14 heavy (non-hydrogen) atoms. The Morgan fingerprint density at radius 2 is 2.50 bits per heavy atom. The van der Waals surface area contributed by atoms with Crippen LogP contribution in [-0.2, 0) is 16.1 Å². The minimum absolute atomic E-state index is 0.190. The number of carbonyl (C=O) groups is 1. The highest BCUT2D eigenvalue weighted by Crippen LogP contribution is 2.06. The van der Waals surface area contributed by atoms with E-state index in [-0.39, 0.29) is 19.1 Å². The minimum atomic E-state index is -0.654. The minimum Gasteiger partial charge on any atom is -0.464 e. The number of imidazole rings is 1. The van der Waals surface area contributed by atoms with Gasteiger partial charge in [-0.2, -0.15) is 0 Å². The molecule has 1 aromatic heterocycles. The van der Waals surface area contributed by atoms with Crippen molar-refractivity contribution in [3.8, 4) is 0 Å². The first-order valence-electron chi connectivity index (χ1n) is 3.96. The molecule has 0 atom stereocenters. The SMILES string of the molecule is CCOC(=O)Cn1ccnc1[N+](=O)[O-]. The van der Waals surface area contributed by atoms with E-state index in [1.807, 2.05) is 0 Å². The van der Waals surface area contributed by atoms with Crippen LogP contribution in [0.1, 0.15) is 6.92 Å². The van der Waals surface area contributed by atoms with Crippen molar-refractivity contribution in [3.05, 3.63) is 22.5 Å². The highest BCUT2D eigenvalue weighted by Gasteiger charge is 2.17. The fraction of sp³-hybridized carbons (Fsp3) is 0.429. The zero-order chi connectivity index (χ0) is 10.6. The van der Waals surface area contributed by atoms with Crippen LogP contribution in [-0.4, -0.2) is 27.1 Å². The lowest BCUT2D eigenvalue weighted by molar-refractivity contribution is -0.396. The molecular formula is C7H9N3O4. The molecule has 0 radical (unpaired) electrons. The Labute approximate surface area is 79.5 Å². The number of hydrogen-bond donors (Lipinski definition) is 0. The Balaban J connectivity index is 2.71. The summed E-state index contributed by atoms with van der Waals surface area (Å²) in [6.07, 6.45) is 2.62. The van der Waals surface area contributed by atoms with Gasteiger partial charge in [0.2, 0.25) is 0 Å². The van der Waals surface area contributed by atoms with Gasteiger partial charge in [0.25, 0.3) is 0 Å². The van der Waals surface area contributed by atoms with E-state index >= 15 is 0 Å². The van der Waals surface area contributed by atoms with E-state index < -0.39 is 10.9 Å². The first-order valence-corrected chi connectivity index (χ1v) is 3.96. The molecule has 0 N–H and O–H groups in total. The second kappa shape index (κ2) is 4.35. The van der Waals surface area contributed by atoms with Gasteiger partial charge in [0.1, 0.15) is 12.4 Å². The van der Waals surface area contributed by atoms with Gasteiger partial charge in [0.15, 0.2) is 6.54 Å². The molecule has 1 heterocycles. The third kappa shape index (κ3) is 2.28. The van der Waals surface area contributed by atoms with Crippen molar-refractivity contribution >= 4 is 11.9 Å². The number of esters is 1. The van der Waals surface area contributed by atoms with Crippen molar-refractivity contribution in [1.82, 2.24) is 9.55 Å². The topological polar surface area (TPSA) is 87.3 Å². The summed E-state index contributed by atoms with van der Waals surface area (Å²) in [4.78, 5) is 24.2. The second-order valence-electron chi connectivity index (χ2n) is 2.42. The summed E-state index contributed by atoms with van der Waals surface area (Å²) in [6.45, 7) is 1.73. The Kier molecular flexibility index (Phi) is 3.16. The van der Waals surface area contributed by atoms with Gasteiger partial charge in [0.05, 0.1) is 6.61 Å². The molecule has 0 fully saturated rings. The van der Waals surface area contributed by atoms with Gasteiger partial charge in [-0.15, -0.1) is 0 Å². The molecule has 0 aliphatic heterocycles. The maximum absolute atomic E-state index is 11.0. The predicted octanol–water partition coefficient (Wildman–Crippen LogP) is 0.354. The van der Waals surface area contributed by atoms with Gasteiger partial charge in [0, 0.05) is 0 Å². The van der Waals surface area contributed by atoms with E-state index in [2.05, 4.69) is 9.72 Å². The fourth-order valence-electron chi connectivity index (χ4n) is 0.942. The van der Waals surface area contributed by atoms with Crippen LogP contribution in [0.2, 0.25) is 0 Å².